The molecule has 1 aromatic carbocycles. The molecule has 108 valence electrons. The van der Waals surface area contributed by atoms with Crippen LogP contribution in [0.1, 0.15) is 12.5 Å². The maximum atomic E-state index is 11.8. The number of aliphatic hydroxyl groups excluding tert-OH is 1. The van der Waals surface area contributed by atoms with Crippen molar-refractivity contribution in [3.8, 4) is 5.75 Å². The molecular weight excluding hydrogens is 276 g/mol. The number of hydrogen-bond acceptors (Lipinski definition) is 5. The van der Waals surface area contributed by atoms with E-state index in [0.717, 1.165) is 21.8 Å². The van der Waals surface area contributed by atoms with Gasteiger partial charge in [0.05, 0.1) is 20.3 Å². The van der Waals surface area contributed by atoms with E-state index in [1.807, 2.05) is 31.2 Å². The van der Waals surface area contributed by atoms with Crippen LogP contribution in [0.15, 0.2) is 29.2 Å². The van der Waals surface area contributed by atoms with Gasteiger partial charge in [0, 0.05) is 10.7 Å². The first-order valence-electron chi connectivity index (χ1n) is 6.32. The van der Waals surface area contributed by atoms with Gasteiger partial charge in [0.15, 0.2) is 0 Å². The first-order chi connectivity index (χ1) is 9.58. The lowest BCUT2D eigenvalue weighted by molar-refractivity contribution is -0.146. The highest BCUT2D eigenvalue weighted by Crippen LogP contribution is 2.42. The number of methoxy groups -OCH3 is 2. The maximum Gasteiger partial charge on any atom is 0.316 e. The molecule has 4 nitrogen and oxygen atoms in total. The first-order valence-corrected chi connectivity index (χ1v) is 7.31. The first kappa shape index (κ1) is 14.9. The lowest BCUT2D eigenvalue weighted by Gasteiger charge is -2.15. The molecule has 0 aliphatic carbocycles. The number of thioether (sulfide) groups is 1. The topological polar surface area (TPSA) is 55.8 Å². The Kier molecular flexibility index (Phi) is 4.73. The van der Waals surface area contributed by atoms with E-state index in [4.69, 9.17) is 9.47 Å². The number of allylic oxidation sites excluding steroid dienone is 1. The molecule has 2 rings (SSSR count). The summed E-state index contributed by atoms with van der Waals surface area (Å²) >= 11 is 1.51. The average Bonchev–Trinajstić information content (AvgIpc) is 2.87. The summed E-state index contributed by atoms with van der Waals surface area (Å²) in [5, 5.41) is 9.96. The summed E-state index contributed by atoms with van der Waals surface area (Å²) in [6.45, 7) is 1.96. The fourth-order valence-electron chi connectivity index (χ4n) is 2.25. The van der Waals surface area contributed by atoms with Gasteiger partial charge in [-0.05, 0) is 30.2 Å². The molecule has 0 bridgehead atoms. The van der Waals surface area contributed by atoms with Crippen molar-refractivity contribution in [3.05, 3.63) is 34.7 Å². The minimum absolute atomic E-state index is 0.384. The minimum atomic E-state index is -0.685. The van der Waals surface area contributed by atoms with Gasteiger partial charge in [-0.25, -0.2) is 0 Å². The van der Waals surface area contributed by atoms with Gasteiger partial charge in [0.2, 0.25) is 0 Å². The summed E-state index contributed by atoms with van der Waals surface area (Å²) in [6.07, 6.45) is -0.685. The second-order valence-electron chi connectivity index (χ2n) is 4.60. The Labute approximate surface area is 122 Å². The van der Waals surface area contributed by atoms with Crippen LogP contribution in [0.5, 0.6) is 5.75 Å². The minimum Gasteiger partial charge on any atom is -0.497 e. The molecule has 1 heterocycles. The molecule has 1 aliphatic heterocycles. The van der Waals surface area contributed by atoms with Crippen molar-refractivity contribution in [3.63, 3.8) is 0 Å². The molecule has 1 aromatic rings. The highest BCUT2D eigenvalue weighted by atomic mass is 32.2. The van der Waals surface area contributed by atoms with Crippen LogP contribution in [0.2, 0.25) is 0 Å². The van der Waals surface area contributed by atoms with Gasteiger partial charge in [-0.15, -0.1) is 11.8 Å². The van der Waals surface area contributed by atoms with Crippen LogP contribution >= 0.6 is 11.8 Å². The number of aliphatic hydroxyl groups is 1. The molecule has 1 saturated heterocycles. The molecule has 2 unspecified atom stereocenters. The van der Waals surface area contributed by atoms with E-state index in [2.05, 4.69) is 0 Å². The van der Waals surface area contributed by atoms with E-state index < -0.39 is 12.0 Å². The fraction of sp³-hybridized carbons (Fsp3) is 0.400. The van der Waals surface area contributed by atoms with E-state index in [-0.39, 0.29) is 5.97 Å². The third-order valence-electron chi connectivity index (χ3n) is 3.42. The smallest absolute Gasteiger partial charge is 0.316 e. The molecule has 0 radical (unpaired) electrons. The lowest BCUT2D eigenvalue weighted by Crippen LogP contribution is -2.27. The number of hydrogen-bond donors (Lipinski definition) is 1. The molecule has 20 heavy (non-hydrogen) atoms. The predicted molar refractivity (Wildman–Crippen MR) is 79.6 cm³/mol. The molecule has 1 N–H and O–H groups in total. The number of rotatable bonds is 3. The van der Waals surface area contributed by atoms with Gasteiger partial charge in [-0.2, -0.15) is 0 Å². The highest BCUT2D eigenvalue weighted by molar-refractivity contribution is 8.03. The second kappa shape index (κ2) is 6.33. The van der Waals surface area contributed by atoms with Crippen molar-refractivity contribution in [1.82, 2.24) is 0 Å². The predicted octanol–water partition coefficient (Wildman–Crippen LogP) is 2.32. The van der Waals surface area contributed by atoms with Crippen LogP contribution in [0, 0.1) is 5.92 Å². The van der Waals surface area contributed by atoms with Gasteiger partial charge >= 0.3 is 5.97 Å². The molecule has 2 atom stereocenters. The van der Waals surface area contributed by atoms with E-state index in [9.17, 15) is 9.90 Å². The van der Waals surface area contributed by atoms with Crippen molar-refractivity contribution in [2.75, 3.05) is 20.0 Å². The Morgan fingerprint density at radius 1 is 1.30 bits per heavy atom. The van der Waals surface area contributed by atoms with Gasteiger partial charge in [0.25, 0.3) is 0 Å². The maximum absolute atomic E-state index is 11.8. The third kappa shape index (κ3) is 2.83. The Hall–Kier alpha value is -1.46. The summed E-state index contributed by atoms with van der Waals surface area (Å²) < 4.78 is 9.92. The largest absolute Gasteiger partial charge is 0.497 e. The van der Waals surface area contributed by atoms with Crippen LogP contribution in [0.25, 0.3) is 5.57 Å². The van der Waals surface area contributed by atoms with Crippen LogP contribution in [-0.4, -0.2) is 37.2 Å². The van der Waals surface area contributed by atoms with E-state index in [1.54, 1.807) is 7.11 Å². The van der Waals surface area contributed by atoms with E-state index in [0.29, 0.717) is 5.75 Å². The van der Waals surface area contributed by atoms with Crippen LogP contribution in [0.4, 0.5) is 0 Å². The second-order valence-corrected chi connectivity index (χ2v) is 5.66. The molecule has 0 saturated carbocycles. The van der Waals surface area contributed by atoms with Crippen molar-refractivity contribution in [2.45, 2.75) is 13.0 Å². The zero-order valence-corrected chi connectivity index (χ0v) is 12.6. The van der Waals surface area contributed by atoms with Crippen LogP contribution in [0.3, 0.4) is 0 Å². The summed E-state index contributed by atoms with van der Waals surface area (Å²) in [5.74, 6) is 0.343. The zero-order chi connectivity index (χ0) is 14.7. The summed E-state index contributed by atoms with van der Waals surface area (Å²) in [4.78, 5) is 12.7. The van der Waals surface area contributed by atoms with Gasteiger partial charge in [-0.1, -0.05) is 12.1 Å². The van der Waals surface area contributed by atoms with Crippen LogP contribution < -0.4 is 4.74 Å². The number of esters is 1. The Bertz CT molecular complexity index is 521. The molecule has 0 amide bonds. The molecular formula is C15H18O4S. The van der Waals surface area contributed by atoms with Crippen molar-refractivity contribution >= 4 is 23.3 Å². The van der Waals surface area contributed by atoms with E-state index in [1.165, 1.54) is 18.9 Å². The Morgan fingerprint density at radius 2 is 1.95 bits per heavy atom. The number of ether oxygens (including phenoxy) is 2. The molecule has 0 spiro atoms. The van der Waals surface area contributed by atoms with Crippen molar-refractivity contribution < 1.29 is 19.4 Å². The van der Waals surface area contributed by atoms with Gasteiger partial charge in [0.1, 0.15) is 11.7 Å². The summed E-state index contributed by atoms with van der Waals surface area (Å²) in [6, 6.07) is 7.65. The van der Waals surface area contributed by atoms with Crippen molar-refractivity contribution in [2.24, 2.45) is 5.92 Å². The van der Waals surface area contributed by atoms with Gasteiger partial charge < -0.3 is 14.6 Å². The highest BCUT2D eigenvalue weighted by Gasteiger charge is 2.38. The molecule has 1 fully saturated rings. The summed E-state index contributed by atoms with van der Waals surface area (Å²) in [7, 11) is 2.97. The standard InChI is InChI=1S/C15H18O4S/c1-9(10-4-6-11(18-2)7-5-10)14-13(15(17)19-3)12(16)8-20-14/h4-7,12-13,16H,8H2,1-3H3/b14-9-. The molecule has 5 heteroatoms. The number of carbonyl (C=O) groups is 1. The van der Waals surface area contributed by atoms with Crippen LogP contribution in [-0.2, 0) is 9.53 Å². The quantitative estimate of drug-likeness (QED) is 0.867. The molecule has 0 aromatic heterocycles. The number of carbonyl (C=O) groups excluding carboxylic acids is 1. The lowest BCUT2D eigenvalue weighted by atomic mass is 9.97. The fourth-order valence-corrected chi connectivity index (χ4v) is 3.56. The van der Waals surface area contributed by atoms with Crippen molar-refractivity contribution in [1.29, 1.82) is 0 Å². The Morgan fingerprint density at radius 3 is 2.50 bits per heavy atom. The zero-order valence-electron chi connectivity index (χ0n) is 11.8. The SMILES string of the molecule is COC(=O)C1/C(=C(\C)c2ccc(OC)cc2)SCC1O. The van der Waals surface area contributed by atoms with E-state index >= 15 is 0 Å². The Balaban J connectivity index is 2.36. The third-order valence-corrected chi connectivity index (χ3v) is 4.80. The van der Waals surface area contributed by atoms with Gasteiger partial charge in [-0.3, -0.25) is 4.79 Å². The summed E-state index contributed by atoms with van der Waals surface area (Å²) in [5.41, 5.74) is 2.00. The average molecular weight is 294 g/mol. The monoisotopic (exact) mass is 294 g/mol. The number of benzene rings is 1. The molecule has 1 aliphatic rings. The normalized spacial score (nSPS) is 24.4.